The van der Waals surface area contributed by atoms with Gasteiger partial charge in [-0.15, -0.1) is 0 Å². The van der Waals surface area contributed by atoms with E-state index in [1.165, 1.54) is 11.3 Å². The lowest BCUT2D eigenvalue weighted by Crippen LogP contribution is -2.30. The Morgan fingerprint density at radius 2 is 1.93 bits per heavy atom. The number of likely N-dealkylation sites (N-methyl/N-ethyl adjacent to an activating group) is 1. The zero-order chi connectivity index (χ0) is 11.3. The van der Waals surface area contributed by atoms with Crippen molar-refractivity contribution in [1.82, 2.24) is 0 Å². The van der Waals surface area contributed by atoms with Crippen LogP contribution in [0.25, 0.3) is 0 Å². The molecule has 1 aromatic rings. The molecular weight excluding hydrogens is 184 g/mol. The van der Waals surface area contributed by atoms with Crippen LogP contribution in [0.5, 0.6) is 0 Å². The molecule has 2 heteroatoms. The molecule has 1 rings (SSSR count). The largest absolute Gasteiger partial charge is 0.370 e. The minimum absolute atomic E-state index is 0.563. The van der Waals surface area contributed by atoms with Gasteiger partial charge in [0, 0.05) is 25.3 Å². The summed E-state index contributed by atoms with van der Waals surface area (Å²) in [5, 5.41) is 0. The normalized spacial score (nSPS) is 10.7. The first-order chi connectivity index (χ1) is 7.20. The van der Waals surface area contributed by atoms with Gasteiger partial charge in [-0.2, -0.15) is 0 Å². The van der Waals surface area contributed by atoms with E-state index in [0.29, 0.717) is 12.5 Å². The minimum atomic E-state index is 0.563. The van der Waals surface area contributed by atoms with E-state index >= 15 is 0 Å². The second-order valence-electron chi connectivity index (χ2n) is 4.08. The maximum Gasteiger partial charge on any atom is 0.0401 e. The van der Waals surface area contributed by atoms with Gasteiger partial charge in [-0.3, -0.25) is 0 Å². The molecule has 0 aliphatic rings. The van der Waals surface area contributed by atoms with Crippen LogP contribution in [0.4, 0.5) is 5.69 Å². The molecule has 0 amide bonds. The highest BCUT2D eigenvalue weighted by Crippen LogP contribution is 2.26. The van der Waals surface area contributed by atoms with Gasteiger partial charge in [0.25, 0.3) is 0 Å². The van der Waals surface area contributed by atoms with Gasteiger partial charge in [-0.05, 0) is 24.5 Å². The van der Waals surface area contributed by atoms with Crippen LogP contribution in [0, 0.1) is 0 Å². The van der Waals surface area contributed by atoms with E-state index in [-0.39, 0.29) is 0 Å². The standard InChI is InChI=1S/C13H22N2/c1-4-15(10-9-14)13-8-6-5-7-12(13)11(2)3/h5-8,11H,4,9-10,14H2,1-3H3. The van der Waals surface area contributed by atoms with E-state index < -0.39 is 0 Å². The molecule has 84 valence electrons. The third kappa shape index (κ3) is 2.96. The third-order valence-electron chi connectivity index (χ3n) is 2.68. The van der Waals surface area contributed by atoms with Crippen molar-refractivity contribution in [3.05, 3.63) is 29.8 Å². The Kier molecular flexibility index (Phi) is 4.63. The fraction of sp³-hybridized carbons (Fsp3) is 0.538. The molecule has 0 heterocycles. The molecule has 0 fully saturated rings. The summed E-state index contributed by atoms with van der Waals surface area (Å²) in [5.74, 6) is 0.563. The van der Waals surface area contributed by atoms with Gasteiger partial charge in [-0.1, -0.05) is 32.0 Å². The Labute approximate surface area is 93.1 Å². The Morgan fingerprint density at radius 3 is 2.47 bits per heavy atom. The van der Waals surface area contributed by atoms with Gasteiger partial charge >= 0.3 is 0 Å². The molecule has 0 bridgehead atoms. The molecule has 0 unspecified atom stereocenters. The van der Waals surface area contributed by atoms with Crippen molar-refractivity contribution in [2.45, 2.75) is 26.7 Å². The van der Waals surface area contributed by atoms with Crippen molar-refractivity contribution in [2.24, 2.45) is 5.73 Å². The summed E-state index contributed by atoms with van der Waals surface area (Å²) in [7, 11) is 0. The Balaban J connectivity index is 2.99. The molecule has 0 aliphatic heterocycles. The van der Waals surface area contributed by atoms with Crippen molar-refractivity contribution < 1.29 is 0 Å². The van der Waals surface area contributed by atoms with Crippen LogP contribution in [0.3, 0.4) is 0 Å². The molecule has 0 saturated carbocycles. The molecule has 0 aromatic heterocycles. The number of nitrogens with two attached hydrogens (primary N) is 1. The average Bonchev–Trinajstić information content (AvgIpc) is 2.26. The van der Waals surface area contributed by atoms with Crippen LogP contribution in [-0.2, 0) is 0 Å². The first-order valence-corrected chi connectivity index (χ1v) is 5.74. The van der Waals surface area contributed by atoms with Gasteiger partial charge in [0.1, 0.15) is 0 Å². The van der Waals surface area contributed by atoms with Gasteiger partial charge in [-0.25, -0.2) is 0 Å². The van der Waals surface area contributed by atoms with E-state index in [0.717, 1.165) is 13.1 Å². The van der Waals surface area contributed by atoms with Crippen molar-refractivity contribution in [3.63, 3.8) is 0 Å². The summed E-state index contributed by atoms with van der Waals surface area (Å²) in [6.07, 6.45) is 0. The summed E-state index contributed by atoms with van der Waals surface area (Å²) in [4.78, 5) is 2.34. The number of anilines is 1. The predicted octanol–water partition coefficient (Wildman–Crippen LogP) is 2.60. The van der Waals surface area contributed by atoms with Crippen LogP contribution < -0.4 is 10.6 Å². The van der Waals surface area contributed by atoms with E-state index in [9.17, 15) is 0 Å². The monoisotopic (exact) mass is 206 g/mol. The van der Waals surface area contributed by atoms with E-state index in [1.807, 2.05) is 0 Å². The molecule has 15 heavy (non-hydrogen) atoms. The molecule has 0 spiro atoms. The summed E-state index contributed by atoms with van der Waals surface area (Å²) in [6.45, 7) is 9.29. The highest BCUT2D eigenvalue weighted by molar-refractivity contribution is 5.54. The first kappa shape index (κ1) is 12.1. The van der Waals surface area contributed by atoms with E-state index in [1.54, 1.807) is 0 Å². The minimum Gasteiger partial charge on any atom is -0.370 e. The van der Waals surface area contributed by atoms with Crippen molar-refractivity contribution in [1.29, 1.82) is 0 Å². The maximum absolute atomic E-state index is 5.63. The molecule has 0 saturated heterocycles. The van der Waals surface area contributed by atoms with Crippen molar-refractivity contribution in [3.8, 4) is 0 Å². The molecular formula is C13H22N2. The van der Waals surface area contributed by atoms with Crippen LogP contribution in [0.1, 0.15) is 32.3 Å². The van der Waals surface area contributed by atoms with Crippen LogP contribution >= 0.6 is 0 Å². The fourth-order valence-electron chi connectivity index (χ4n) is 1.87. The highest BCUT2D eigenvalue weighted by Gasteiger charge is 2.10. The lowest BCUT2D eigenvalue weighted by Gasteiger charge is -2.26. The Bertz CT molecular complexity index is 294. The Morgan fingerprint density at radius 1 is 1.27 bits per heavy atom. The second-order valence-corrected chi connectivity index (χ2v) is 4.08. The molecule has 1 aromatic carbocycles. The first-order valence-electron chi connectivity index (χ1n) is 5.74. The van der Waals surface area contributed by atoms with Crippen LogP contribution in [0.2, 0.25) is 0 Å². The van der Waals surface area contributed by atoms with Crippen molar-refractivity contribution in [2.75, 3.05) is 24.5 Å². The molecule has 0 aliphatic carbocycles. The second kappa shape index (κ2) is 5.76. The number of rotatable bonds is 5. The molecule has 2 nitrogen and oxygen atoms in total. The van der Waals surface area contributed by atoms with Crippen LogP contribution in [0.15, 0.2) is 24.3 Å². The Hall–Kier alpha value is -1.02. The number of nitrogens with zero attached hydrogens (tertiary/aromatic N) is 1. The molecule has 0 atom stereocenters. The number of hydrogen-bond acceptors (Lipinski definition) is 2. The SMILES string of the molecule is CCN(CCN)c1ccccc1C(C)C. The summed E-state index contributed by atoms with van der Waals surface area (Å²) in [6, 6.07) is 8.60. The van der Waals surface area contributed by atoms with Gasteiger partial charge < -0.3 is 10.6 Å². The number of hydrogen-bond donors (Lipinski definition) is 1. The smallest absolute Gasteiger partial charge is 0.0401 e. The lowest BCUT2D eigenvalue weighted by molar-refractivity contribution is 0.790. The summed E-state index contributed by atoms with van der Waals surface area (Å²) < 4.78 is 0. The third-order valence-corrected chi connectivity index (χ3v) is 2.68. The number of benzene rings is 1. The topological polar surface area (TPSA) is 29.3 Å². The van der Waals surface area contributed by atoms with E-state index in [2.05, 4.69) is 49.9 Å². The quantitative estimate of drug-likeness (QED) is 0.802. The van der Waals surface area contributed by atoms with E-state index in [4.69, 9.17) is 5.73 Å². The summed E-state index contributed by atoms with van der Waals surface area (Å²) in [5.41, 5.74) is 8.37. The number of para-hydroxylation sites is 1. The summed E-state index contributed by atoms with van der Waals surface area (Å²) >= 11 is 0. The molecule has 0 radical (unpaired) electrons. The van der Waals surface area contributed by atoms with Gasteiger partial charge in [0.05, 0.1) is 0 Å². The van der Waals surface area contributed by atoms with Crippen molar-refractivity contribution >= 4 is 5.69 Å². The van der Waals surface area contributed by atoms with Gasteiger partial charge in [0.15, 0.2) is 0 Å². The van der Waals surface area contributed by atoms with Crippen LogP contribution in [-0.4, -0.2) is 19.6 Å². The molecule has 2 N–H and O–H groups in total. The zero-order valence-corrected chi connectivity index (χ0v) is 10.0. The predicted molar refractivity (Wildman–Crippen MR) is 67.5 cm³/mol. The average molecular weight is 206 g/mol. The maximum atomic E-state index is 5.63. The lowest BCUT2D eigenvalue weighted by atomic mass is 10.0. The zero-order valence-electron chi connectivity index (χ0n) is 10.0. The fourth-order valence-corrected chi connectivity index (χ4v) is 1.87. The van der Waals surface area contributed by atoms with Gasteiger partial charge in [0.2, 0.25) is 0 Å². The highest BCUT2D eigenvalue weighted by atomic mass is 15.1.